The topological polar surface area (TPSA) is 35.2 Å². The fourth-order valence-electron chi connectivity index (χ4n) is 2.78. The van der Waals surface area contributed by atoms with Crippen LogP contribution in [0.15, 0.2) is 24.3 Å². The Bertz CT molecular complexity index is 375. The van der Waals surface area contributed by atoms with Crippen LogP contribution < -0.4 is 10.5 Å². The van der Waals surface area contributed by atoms with Crippen molar-refractivity contribution in [1.29, 1.82) is 0 Å². The highest BCUT2D eigenvalue weighted by atomic mass is 16.5. The first kappa shape index (κ1) is 13.4. The van der Waals surface area contributed by atoms with Crippen molar-refractivity contribution in [3.63, 3.8) is 0 Å². The van der Waals surface area contributed by atoms with Crippen LogP contribution in [0.5, 0.6) is 5.75 Å². The Balaban J connectivity index is 1.97. The fourth-order valence-corrected chi connectivity index (χ4v) is 2.78. The van der Waals surface area contributed by atoms with Gasteiger partial charge in [-0.2, -0.15) is 0 Å². The molecule has 0 saturated carbocycles. The van der Waals surface area contributed by atoms with Crippen LogP contribution in [-0.4, -0.2) is 12.6 Å². The molecule has 2 atom stereocenters. The minimum atomic E-state index is 0.272. The first-order valence-corrected chi connectivity index (χ1v) is 7.15. The largest absolute Gasteiger partial charge is 0.493 e. The van der Waals surface area contributed by atoms with Crippen LogP contribution in [0.25, 0.3) is 0 Å². The Hall–Kier alpha value is -1.02. The van der Waals surface area contributed by atoms with Crippen LogP contribution in [0.4, 0.5) is 0 Å². The Kier molecular flexibility index (Phi) is 4.65. The minimum Gasteiger partial charge on any atom is -0.493 e. The molecule has 1 aromatic carbocycles. The van der Waals surface area contributed by atoms with E-state index in [-0.39, 0.29) is 6.04 Å². The summed E-state index contributed by atoms with van der Waals surface area (Å²) in [5, 5.41) is 0. The molecule has 0 aromatic heterocycles. The maximum atomic E-state index is 6.39. The molecule has 0 fully saturated rings. The molecule has 2 unspecified atom stereocenters. The van der Waals surface area contributed by atoms with Crippen molar-refractivity contribution in [2.24, 2.45) is 11.7 Å². The van der Waals surface area contributed by atoms with Crippen molar-refractivity contribution in [2.45, 2.75) is 51.5 Å². The van der Waals surface area contributed by atoms with Gasteiger partial charge in [0.05, 0.1) is 6.61 Å². The average Bonchev–Trinajstić information content (AvgIpc) is 2.37. The van der Waals surface area contributed by atoms with Gasteiger partial charge in [0.2, 0.25) is 0 Å². The molecule has 0 radical (unpaired) electrons. The molecule has 0 spiro atoms. The molecule has 1 aromatic rings. The van der Waals surface area contributed by atoms with E-state index in [4.69, 9.17) is 10.5 Å². The molecule has 0 aliphatic carbocycles. The van der Waals surface area contributed by atoms with Gasteiger partial charge < -0.3 is 10.5 Å². The number of para-hydroxylation sites is 1. The number of rotatable bonds is 5. The van der Waals surface area contributed by atoms with E-state index in [0.29, 0.717) is 5.92 Å². The van der Waals surface area contributed by atoms with Gasteiger partial charge in [-0.05, 0) is 30.4 Å². The monoisotopic (exact) mass is 247 g/mol. The Morgan fingerprint density at radius 1 is 1.28 bits per heavy atom. The van der Waals surface area contributed by atoms with Gasteiger partial charge in [0.25, 0.3) is 0 Å². The summed E-state index contributed by atoms with van der Waals surface area (Å²) < 4.78 is 5.69. The summed E-state index contributed by atoms with van der Waals surface area (Å²) in [4.78, 5) is 0. The lowest BCUT2D eigenvalue weighted by molar-refractivity contribution is 0.251. The van der Waals surface area contributed by atoms with Gasteiger partial charge in [-0.15, -0.1) is 0 Å². The molecule has 18 heavy (non-hydrogen) atoms. The summed E-state index contributed by atoms with van der Waals surface area (Å²) in [6, 6.07) is 8.62. The summed E-state index contributed by atoms with van der Waals surface area (Å²) >= 11 is 0. The maximum absolute atomic E-state index is 6.39. The third-order valence-electron chi connectivity index (χ3n) is 3.84. The number of hydrogen-bond donors (Lipinski definition) is 1. The molecule has 2 N–H and O–H groups in total. The molecule has 1 heterocycles. The molecular weight excluding hydrogens is 222 g/mol. The van der Waals surface area contributed by atoms with Gasteiger partial charge in [-0.1, -0.05) is 44.9 Å². The fraction of sp³-hybridized carbons (Fsp3) is 0.625. The third-order valence-corrected chi connectivity index (χ3v) is 3.84. The van der Waals surface area contributed by atoms with Crippen LogP contribution in [0.3, 0.4) is 0 Å². The highest BCUT2D eigenvalue weighted by molar-refractivity contribution is 5.38. The SMILES string of the molecule is CC(C)CCCC(N)C1CCOc2ccccc21. The highest BCUT2D eigenvalue weighted by Gasteiger charge is 2.26. The van der Waals surface area contributed by atoms with Crippen molar-refractivity contribution in [1.82, 2.24) is 0 Å². The van der Waals surface area contributed by atoms with E-state index in [2.05, 4.69) is 32.0 Å². The van der Waals surface area contributed by atoms with Crippen LogP contribution in [-0.2, 0) is 0 Å². The van der Waals surface area contributed by atoms with Crippen molar-refractivity contribution in [3.8, 4) is 5.75 Å². The Morgan fingerprint density at radius 3 is 2.83 bits per heavy atom. The first-order valence-electron chi connectivity index (χ1n) is 7.15. The molecule has 0 bridgehead atoms. The smallest absolute Gasteiger partial charge is 0.122 e. The van der Waals surface area contributed by atoms with E-state index in [9.17, 15) is 0 Å². The lowest BCUT2D eigenvalue weighted by Gasteiger charge is -2.30. The molecule has 2 rings (SSSR count). The average molecular weight is 247 g/mol. The minimum absolute atomic E-state index is 0.272. The number of ether oxygens (including phenoxy) is 1. The Morgan fingerprint density at radius 2 is 2.06 bits per heavy atom. The molecule has 2 heteroatoms. The van der Waals surface area contributed by atoms with Crippen LogP contribution in [0.1, 0.15) is 51.0 Å². The predicted octanol–water partition coefficient (Wildman–Crippen LogP) is 3.71. The number of hydrogen-bond acceptors (Lipinski definition) is 2. The number of benzene rings is 1. The zero-order chi connectivity index (χ0) is 13.0. The van der Waals surface area contributed by atoms with E-state index in [0.717, 1.165) is 31.1 Å². The number of nitrogens with two attached hydrogens (primary N) is 1. The van der Waals surface area contributed by atoms with E-state index >= 15 is 0 Å². The van der Waals surface area contributed by atoms with Gasteiger partial charge in [0.1, 0.15) is 5.75 Å². The summed E-state index contributed by atoms with van der Waals surface area (Å²) in [6.07, 6.45) is 4.69. The third kappa shape index (κ3) is 3.26. The van der Waals surface area contributed by atoms with E-state index in [1.165, 1.54) is 18.4 Å². The molecule has 0 amide bonds. The molecule has 100 valence electrons. The van der Waals surface area contributed by atoms with E-state index in [1.807, 2.05) is 6.07 Å². The summed E-state index contributed by atoms with van der Waals surface area (Å²) in [5.74, 6) is 2.29. The highest BCUT2D eigenvalue weighted by Crippen LogP contribution is 2.36. The van der Waals surface area contributed by atoms with Crippen LogP contribution in [0, 0.1) is 5.92 Å². The normalized spacial score (nSPS) is 20.3. The predicted molar refractivity (Wildman–Crippen MR) is 76.0 cm³/mol. The van der Waals surface area contributed by atoms with Crippen molar-refractivity contribution >= 4 is 0 Å². The van der Waals surface area contributed by atoms with E-state index < -0.39 is 0 Å². The van der Waals surface area contributed by atoms with E-state index in [1.54, 1.807) is 0 Å². The summed E-state index contributed by atoms with van der Waals surface area (Å²) in [7, 11) is 0. The second-order valence-corrected chi connectivity index (χ2v) is 5.77. The molecule has 2 nitrogen and oxygen atoms in total. The molecular formula is C16H25NO. The van der Waals surface area contributed by atoms with Gasteiger partial charge in [0.15, 0.2) is 0 Å². The lowest BCUT2D eigenvalue weighted by Crippen LogP contribution is -2.32. The standard InChI is InChI=1S/C16H25NO/c1-12(2)6-5-8-15(17)13-10-11-18-16-9-4-3-7-14(13)16/h3-4,7,9,12-13,15H,5-6,8,10-11,17H2,1-2H3. The van der Waals surface area contributed by atoms with Crippen LogP contribution in [0.2, 0.25) is 0 Å². The molecule has 1 aliphatic heterocycles. The van der Waals surface area contributed by atoms with Gasteiger partial charge >= 0.3 is 0 Å². The summed E-state index contributed by atoms with van der Waals surface area (Å²) in [5.41, 5.74) is 7.70. The maximum Gasteiger partial charge on any atom is 0.122 e. The van der Waals surface area contributed by atoms with Gasteiger partial charge in [0, 0.05) is 12.0 Å². The second-order valence-electron chi connectivity index (χ2n) is 5.77. The van der Waals surface area contributed by atoms with Gasteiger partial charge in [-0.25, -0.2) is 0 Å². The van der Waals surface area contributed by atoms with Gasteiger partial charge in [-0.3, -0.25) is 0 Å². The summed E-state index contributed by atoms with van der Waals surface area (Å²) in [6.45, 7) is 5.35. The zero-order valence-corrected chi connectivity index (χ0v) is 11.6. The molecule has 1 aliphatic rings. The van der Waals surface area contributed by atoms with Crippen molar-refractivity contribution in [3.05, 3.63) is 29.8 Å². The van der Waals surface area contributed by atoms with Crippen LogP contribution >= 0.6 is 0 Å². The Labute approximate surface area is 111 Å². The first-order chi connectivity index (χ1) is 8.68. The van der Waals surface area contributed by atoms with Crippen molar-refractivity contribution in [2.75, 3.05) is 6.61 Å². The second kappa shape index (κ2) is 6.24. The quantitative estimate of drug-likeness (QED) is 0.861. The van der Waals surface area contributed by atoms with Crippen molar-refractivity contribution < 1.29 is 4.74 Å². The molecule has 0 saturated heterocycles. The number of fused-ring (bicyclic) bond motifs is 1. The lowest BCUT2D eigenvalue weighted by atomic mass is 9.84. The zero-order valence-electron chi connectivity index (χ0n) is 11.6.